The number of aromatic nitrogens is 3. The van der Waals surface area contributed by atoms with Crippen LogP contribution in [0.2, 0.25) is 0 Å². The Kier molecular flexibility index (Phi) is 8.64. The van der Waals surface area contributed by atoms with Gasteiger partial charge in [-0.3, -0.25) is 9.36 Å². The van der Waals surface area contributed by atoms with E-state index < -0.39 is 6.55 Å². The van der Waals surface area contributed by atoms with Gasteiger partial charge in [0.05, 0.1) is 35.4 Å². The van der Waals surface area contributed by atoms with E-state index in [1.54, 1.807) is 44.5 Å². The lowest BCUT2D eigenvalue weighted by Crippen LogP contribution is -2.29. The number of methoxy groups -OCH3 is 1. The second-order valence-corrected chi connectivity index (χ2v) is 9.58. The Balaban J connectivity index is 1.74. The molecule has 2 heterocycles. The van der Waals surface area contributed by atoms with Crippen LogP contribution in [-0.4, -0.2) is 66.7 Å². The molecule has 210 valence electrons. The summed E-state index contributed by atoms with van der Waals surface area (Å²) in [7, 11) is 7.45. The number of fused-ring (bicyclic) bond motifs is 1. The van der Waals surface area contributed by atoms with Crippen molar-refractivity contribution in [2.24, 2.45) is 0 Å². The minimum atomic E-state index is -2.69. The first-order valence-corrected chi connectivity index (χ1v) is 12.6. The van der Waals surface area contributed by atoms with Crippen molar-refractivity contribution in [1.29, 1.82) is 0 Å². The Bertz CT molecular complexity index is 1530. The number of nitrogens with one attached hydrogen (secondary N) is 2. The van der Waals surface area contributed by atoms with Gasteiger partial charge < -0.3 is 25.2 Å². The summed E-state index contributed by atoms with van der Waals surface area (Å²) in [6.45, 7) is 4.16. The summed E-state index contributed by atoms with van der Waals surface area (Å²) in [6.07, 6.45) is 4.17. The van der Waals surface area contributed by atoms with Crippen molar-refractivity contribution in [3.8, 4) is 17.0 Å². The van der Waals surface area contributed by atoms with Crippen molar-refractivity contribution in [3.63, 3.8) is 0 Å². The van der Waals surface area contributed by atoms with Crippen molar-refractivity contribution >= 4 is 39.8 Å². The minimum absolute atomic E-state index is 0.233. The number of carbonyl (C=O) groups is 1. The Morgan fingerprint density at radius 3 is 2.62 bits per heavy atom. The summed E-state index contributed by atoms with van der Waals surface area (Å²) in [5.41, 5.74) is 4.05. The topological polar surface area (TPSA) is 87.5 Å². The quantitative estimate of drug-likeness (QED) is 0.233. The molecule has 0 fully saturated rings. The molecule has 2 aromatic carbocycles. The molecule has 0 unspecified atom stereocenters. The van der Waals surface area contributed by atoms with Gasteiger partial charge in [-0.2, -0.15) is 8.78 Å². The molecule has 0 aliphatic carbocycles. The number of aryl methyl sites for hydroxylation is 1. The van der Waals surface area contributed by atoms with E-state index in [4.69, 9.17) is 4.74 Å². The molecule has 0 saturated carbocycles. The maximum atomic E-state index is 13.8. The molecule has 2 N–H and O–H groups in total. The first-order chi connectivity index (χ1) is 19.1. The van der Waals surface area contributed by atoms with E-state index in [1.807, 2.05) is 38.2 Å². The van der Waals surface area contributed by atoms with Gasteiger partial charge in [0.2, 0.25) is 11.9 Å². The van der Waals surface area contributed by atoms with Crippen LogP contribution in [-0.2, 0) is 4.79 Å². The number of amides is 1. The third kappa shape index (κ3) is 6.04. The first kappa shape index (κ1) is 28.5. The van der Waals surface area contributed by atoms with E-state index in [2.05, 4.69) is 32.1 Å². The lowest BCUT2D eigenvalue weighted by molar-refractivity contribution is -0.111. The zero-order chi connectivity index (χ0) is 29.0. The van der Waals surface area contributed by atoms with Crippen LogP contribution in [0.3, 0.4) is 0 Å². The maximum absolute atomic E-state index is 13.8. The van der Waals surface area contributed by atoms with Gasteiger partial charge in [0.1, 0.15) is 5.75 Å². The number of benzene rings is 2. The number of para-hydroxylation sites is 1. The van der Waals surface area contributed by atoms with Gasteiger partial charge >= 0.3 is 6.55 Å². The van der Waals surface area contributed by atoms with Crippen molar-refractivity contribution < 1.29 is 18.3 Å². The highest BCUT2D eigenvalue weighted by molar-refractivity contribution is 6.02. The largest absolute Gasteiger partial charge is 0.494 e. The van der Waals surface area contributed by atoms with E-state index >= 15 is 0 Å². The lowest BCUT2D eigenvalue weighted by atomic mass is 10.1. The fourth-order valence-corrected chi connectivity index (χ4v) is 4.45. The van der Waals surface area contributed by atoms with Crippen molar-refractivity contribution in [1.82, 2.24) is 19.4 Å². The highest BCUT2D eigenvalue weighted by atomic mass is 19.3. The van der Waals surface area contributed by atoms with Gasteiger partial charge in [-0.1, -0.05) is 24.8 Å². The molecule has 0 aliphatic rings. The average molecular weight is 550 g/mol. The third-order valence-corrected chi connectivity index (χ3v) is 6.50. The molecule has 11 heteroatoms. The van der Waals surface area contributed by atoms with Crippen LogP contribution in [0.25, 0.3) is 22.2 Å². The minimum Gasteiger partial charge on any atom is -0.494 e. The summed E-state index contributed by atoms with van der Waals surface area (Å²) in [6, 6.07) is 10.7. The van der Waals surface area contributed by atoms with Gasteiger partial charge in [0.15, 0.2) is 0 Å². The van der Waals surface area contributed by atoms with Crippen LogP contribution in [0.15, 0.2) is 61.4 Å². The highest BCUT2D eigenvalue weighted by Crippen LogP contribution is 2.39. The van der Waals surface area contributed by atoms with Crippen LogP contribution in [0.5, 0.6) is 5.75 Å². The van der Waals surface area contributed by atoms with E-state index in [-0.39, 0.29) is 11.9 Å². The zero-order valence-electron chi connectivity index (χ0n) is 23.2. The molecule has 4 aromatic rings. The van der Waals surface area contributed by atoms with E-state index in [9.17, 15) is 13.6 Å². The van der Waals surface area contributed by atoms with Crippen molar-refractivity contribution in [3.05, 3.63) is 67.0 Å². The molecule has 0 atom stereocenters. The number of alkyl halides is 2. The molecule has 9 nitrogen and oxygen atoms in total. The molecule has 4 rings (SSSR count). The molecule has 40 heavy (non-hydrogen) atoms. The molecular formula is C29H33F2N7O2. The van der Waals surface area contributed by atoms with Crippen LogP contribution in [0.4, 0.5) is 31.8 Å². The molecular weight excluding hydrogens is 516 g/mol. The summed E-state index contributed by atoms with van der Waals surface area (Å²) in [5.74, 6) is 0.376. The predicted molar refractivity (Wildman–Crippen MR) is 156 cm³/mol. The Morgan fingerprint density at radius 2 is 1.95 bits per heavy atom. The van der Waals surface area contributed by atoms with E-state index in [0.29, 0.717) is 45.8 Å². The second-order valence-electron chi connectivity index (χ2n) is 9.58. The smallest absolute Gasteiger partial charge is 0.319 e. The van der Waals surface area contributed by atoms with Gasteiger partial charge in [0.25, 0.3) is 0 Å². The Hall–Kier alpha value is -4.51. The average Bonchev–Trinajstić information content (AvgIpc) is 3.33. The third-order valence-electron chi connectivity index (χ3n) is 6.50. The Morgan fingerprint density at radius 1 is 1.18 bits per heavy atom. The maximum Gasteiger partial charge on any atom is 0.319 e. The van der Waals surface area contributed by atoms with Crippen LogP contribution < -0.4 is 20.3 Å². The molecule has 0 aliphatic heterocycles. The number of rotatable bonds is 11. The standard InChI is InChI=1S/C29H33F2N7O2/c1-7-26(39)33-22-15-23(25(40-6)16-24(22)37(5)14-13-36(3)4)35-29-32-12-11-21(34-29)20-17-38(28(30)31)27-18(2)9-8-10-19(20)27/h7-12,15-17,28H,1,13-14H2,2-6H3,(H,33,39)(H,32,34,35). The van der Waals surface area contributed by atoms with Crippen LogP contribution >= 0.6 is 0 Å². The van der Waals surface area contributed by atoms with Gasteiger partial charge in [-0.05, 0) is 44.8 Å². The predicted octanol–water partition coefficient (Wildman–Crippen LogP) is 5.68. The first-order valence-electron chi connectivity index (χ1n) is 12.6. The summed E-state index contributed by atoms with van der Waals surface area (Å²) in [4.78, 5) is 25.3. The molecule has 0 saturated heterocycles. The number of carbonyl (C=O) groups excluding carboxylic acids is 1. The molecule has 0 spiro atoms. The number of hydrogen-bond donors (Lipinski definition) is 2. The second kappa shape index (κ2) is 12.1. The fourth-order valence-electron chi connectivity index (χ4n) is 4.45. The molecule has 0 bridgehead atoms. The van der Waals surface area contributed by atoms with Crippen LogP contribution in [0, 0.1) is 6.92 Å². The van der Waals surface area contributed by atoms with Gasteiger partial charge in [0, 0.05) is 49.5 Å². The summed E-state index contributed by atoms with van der Waals surface area (Å²) >= 11 is 0. The van der Waals surface area contributed by atoms with Crippen LogP contribution in [0.1, 0.15) is 12.1 Å². The van der Waals surface area contributed by atoms with Crippen molar-refractivity contribution in [2.45, 2.75) is 13.5 Å². The number of halogens is 2. The summed E-state index contributed by atoms with van der Waals surface area (Å²) < 4.78 is 34.3. The van der Waals surface area contributed by atoms with E-state index in [1.165, 1.54) is 12.3 Å². The van der Waals surface area contributed by atoms with Crippen molar-refractivity contribution in [2.75, 3.05) is 56.9 Å². The SMILES string of the molecule is C=CC(=O)Nc1cc(Nc2nccc(-c3cn(C(F)F)c4c(C)cccc34)n2)c(OC)cc1N(C)CCN(C)C. The number of anilines is 4. The summed E-state index contributed by atoms with van der Waals surface area (Å²) in [5, 5.41) is 6.69. The highest BCUT2D eigenvalue weighted by Gasteiger charge is 2.19. The molecule has 2 aromatic heterocycles. The number of ether oxygens (including phenoxy) is 1. The lowest BCUT2D eigenvalue weighted by Gasteiger charge is -2.26. The number of nitrogens with zero attached hydrogens (tertiary/aromatic N) is 5. The monoisotopic (exact) mass is 549 g/mol. The molecule has 1 amide bonds. The normalized spacial score (nSPS) is 11.2. The van der Waals surface area contributed by atoms with E-state index in [0.717, 1.165) is 22.4 Å². The Labute approximate surface area is 232 Å². The van der Waals surface area contributed by atoms with Gasteiger partial charge in [-0.25, -0.2) is 9.97 Å². The fraction of sp³-hybridized carbons (Fsp3) is 0.276. The zero-order valence-corrected chi connectivity index (χ0v) is 23.2. The number of likely N-dealkylation sites (N-methyl/N-ethyl adjacent to an activating group) is 2. The number of hydrogen-bond acceptors (Lipinski definition) is 7. The van der Waals surface area contributed by atoms with Gasteiger partial charge in [-0.15, -0.1) is 0 Å². The molecule has 0 radical (unpaired) electrons.